The number of ether oxygens (including phenoxy) is 1. The molecule has 0 bridgehead atoms. The lowest BCUT2D eigenvalue weighted by atomic mass is 9.80. The van der Waals surface area contributed by atoms with Gasteiger partial charge in [-0.25, -0.2) is 9.18 Å². The van der Waals surface area contributed by atoms with Gasteiger partial charge in [-0.05, 0) is 48.2 Å². The van der Waals surface area contributed by atoms with Crippen LogP contribution in [0, 0.1) is 5.82 Å². The third kappa shape index (κ3) is 6.24. The Morgan fingerprint density at radius 3 is 2.25 bits per heavy atom. The van der Waals surface area contributed by atoms with Gasteiger partial charge in [-0.1, -0.05) is 41.9 Å². The first-order valence-electron chi connectivity index (χ1n) is 11.6. The molecule has 0 spiro atoms. The van der Waals surface area contributed by atoms with Gasteiger partial charge in [-0.3, -0.25) is 4.98 Å². The summed E-state index contributed by atoms with van der Waals surface area (Å²) in [6.07, 6.45) is -13.9. The molecule has 1 aliphatic rings. The first kappa shape index (κ1) is 29.4. The van der Waals surface area contributed by atoms with Gasteiger partial charge >= 0.3 is 24.7 Å². The Labute approximate surface area is 227 Å². The number of carbonyl (C=O) groups is 1. The molecule has 1 atom stereocenters. The fraction of sp³-hybridized carbons (Fsp3) is 0.308. The Kier molecular flexibility index (Phi) is 7.90. The fourth-order valence-electron chi connectivity index (χ4n) is 4.17. The van der Waals surface area contributed by atoms with E-state index in [0.29, 0.717) is 11.6 Å². The Bertz CT molecular complexity index is 1350. The second-order valence-corrected chi connectivity index (χ2v) is 9.66. The van der Waals surface area contributed by atoms with Crippen molar-refractivity contribution in [1.82, 2.24) is 15.6 Å². The highest BCUT2D eigenvalue weighted by atomic mass is 35.5. The van der Waals surface area contributed by atoms with Crippen molar-refractivity contribution < 1.29 is 44.7 Å². The zero-order chi connectivity index (χ0) is 29.3. The molecule has 2 N–H and O–H groups in total. The maximum absolute atomic E-state index is 14.8. The number of urea groups is 1. The van der Waals surface area contributed by atoms with Crippen LogP contribution in [0.4, 0.5) is 39.9 Å². The third-order valence-electron chi connectivity index (χ3n) is 6.32. The molecule has 0 aliphatic heterocycles. The number of nitrogens with zero attached hydrogens (tertiary/aromatic N) is 1. The van der Waals surface area contributed by atoms with Gasteiger partial charge in [-0.2, -0.15) is 30.7 Å². The highest BCUT2D eigenvalue weighted by Crippen LogP contribution is 2.49. The zero-order valence-electron chi connectivity index (χ0n) is 20.2. The average Bonchev–Trinajstić information content (AvgIpc) is 3.64. The smallest absolute Gasteiger partial charge is 0.428 e. The number of aromatic nitrogens is 1. The molecule has 1 fully saturated rings. The van der Waals surface area contributed by atoms with Crippen LogP contribution in [0.3, 0.4) is 0 Å². The number of halogens is 9. The standard InChI is InChI=1S/C26H20ClF8N3O2/c27-17-6-7-20(36-14-17)24(13-15-4-2-1-3-5-15,38-22(39)37-23(8-9-23)26(33,34)35)16-10-18(28)12-19(11-16)40-25(31,32)21(29)30/h1-7,10-12,14,21H,8-9,13H2,(H2,37,38,39). The summed E-state index contributed by atoms with van der Waals surface area (Å²) in [6.45, 7) is 0. The molecule has 2 amide bonds. The van der Waals surface area contributed by atoms with Gasteiger partial charge in [0.25, 0.3) is 0 Å². The number of amides is 2. The van der Waals surface area contributed by atoms with Crippen molar-refractivity contribution in [3.63, 3.8) is 0 Å². The largest absolute Gasteiger partial charge is 0.461 e. The van der Waals surface area contributed by atoms with E-state index in [1.165, 1.54) is 12.1 Å². The Morgan fingerprint density at radius 2 is 1.70 bits per heavy atom. The van der Waals surface area contributed by atoms with Crippen LogP contribution in [-0.2, 0) is 12.0 Å². The molecule has 1 heterocycles. The molecular formula is C26H20ClF8N3O2. The second kappa shape index (κ2) is 10.8. The molecule has 1 saturated carbocycles. The van der Waals surface area contributed by atoms with Crippen LogP contribution in [0.15, 0.2) is 66.9 Å². The molecule has 4 rings (SSSR count). The molecule has 0 saturated heterocycles. The summed E-state index contributed by atoms with van der Waals surface area (Å²) >= 11 is 5.95. The highest BCUT2D eigenvalue weighted by Gasteiger charge is 2.64. The van der Waals surface area contributed by atoms with Gasteiger partial charge < -0.3 is 15.4 Å². The van der Waals surface area contributed by atoms with Gasteiger partial charge in [0.15, 0.2) is 0 Å². The molecule has 14 heteroatoms. The van der Waals surface area contributed by atoms with Crippen molar-refractivity contribution in [2.24, 2.45) is 0 Å². The van der Waals surface area contributed by atoms with Gasteiger partial charge in [0, 0.05) is 18.7 Å². The normalized spacial score (nSPS) is 16.2. The quantitative estimate of drug-likeness (QED) is 0.263. The van der Waals surface area contributed by atoms with Crippen LogP contribution in [0.25, 0.3) is 0 Å². The molecule has 1 aromatic heterocycles. The van der Waals surface area contributed by atoms with Crippen molar-refractivity contribution in [3.05, 3.63) is 94.5 Å². The van der Waals surface area contributed by atoms with E-state index < -0.39 is 47.4 Å². The molecule has 3 aromatic rings. The number of pyridine rings is 1. The Hall–Kier alpha value is -3.61. The number of hydrogen-bond donors (Lipinski definition) is 2. The molecule has 1 unspecified atom stereocenters. The van der Waals surface area contributed by atoms with E-state index >= 15 is 0 Å². The van der Waals surface area contributed by atoms with Crippen molar-refractivity contribution in [3.8, 4) is 5.75 Å². The molecule has 2 aromatic carbocycles. The van der Waals surface area contributed by atoms with E-state index in [1.54, 1.807) is 30.3 Å². The summed E-state index contributed by atoms with van der Waals surface area (Å²) in [5.74, 6) is -2.25. The van der Waals surface area contributed by atoms with Crippen LogP contribution in [0.5, 0.6) is 5.75 Å². The minimum absolute atomic E-state index is 0.0788. The summed E-state index contributed by atoms with van der Waals surface area (Å²) in [5, 5.41) is 4.47. The fourth-order valence-corrected chi connectivity index (χ4v) is 4.28. The first-order chi connectivity index (χ1) is 18.7. The lowest BCUT2D eigenvalue weighted by molar-refractivity contribution is -0.253. The number of hydrogen-bond acceptors (Lipinski definition) is 3. The van der Waals surface area contributed by atoms with Crippen molar-refractivity contribution in [1.29, 1.82) is 0 Å². The van der Waals surface area contributed by atoms with Gasteiger partial charge in [0.05, 0.1) is 10.7 Å². The van der Waals surface area contributed by atoms with Crippen molar-refractivity contribution in [2.45, 2.75) is 49.1 Å². The number of alkyl halides is 7. The first-order valence-corrected chi connectivity index (χ1v) is 12.0. The SMILES string of the molecule is O=C(NC(Cc1ccccc1)(c1cc(F)cc(OC(F)(F)C(F)F)c1)c1ccc(Cl)cn1)NC1(C(F)(F)F)CC1. The maximum atomic E-state index is 14.8. The van der Waals surface area contributed by atoms with Crippen molar-refractivity contribution >= 4 is 17.6 Å². The van der Waals surface area contributed by atoms with E-state index in [0.717, 1.165) is 18.3 Å². The minimum atomic E-state index is -5.00. The zero-order valence-corrected chi connectivity index (χ0v) is 21.0. The summed E-state index contributed by atoms with van der Waals surface area (Å²) in [5.41, 5.74) is -4.47. The minimum Gasteiger partial charge on any atom is -0.428 e. The Balaban J connectivity index is 1.88. The van der Waals surface area contributed by atoms with Crippen LogP contribution in [0.2, 0.25) is 5.02 Å². The second-order valence-electron chi connectivity index (χ2n) is 9.23. The summed E-state index contributed by atoms with van der Waals surface area (Å²) in [4.78, 5) is 17.3. The maximum Gasteiger partial charge on any atom is 0.461 e. The topological polar surface area (TPSA) is 63.2 Å². The molecule has 0 radical (unpaired) electrons. The van der Waals surface area contributed by atoms with Crippen molar-refractivity contribution in [2.75, 3.05) is 0 Å². The molecule has 214 valence electrons. The van der Waals surface area contributed by atoms with E-state index in [2.05, 4.69) is 15.0 Å². The number of carbonyl (C=O) groups excluding carboxylic acids is 1. The van der Waals surface area contributed by atoms with E-state index in [9.17, 15) is 39.9 Å². The summed E-state index contributed by atoms with van der Waals surface area (Å²) in [6, 6.07) is 11.4. The van der Waals surface area contributed by atoms with E-state index in [1.807, 2.05) is 5.32 Å². The van der Waals surface area contributed by atoms with Crippen LogP contribution in [-0.4, -0.2) is 35.3 Å². The average molecular weight is 594 g/mol. The molecule has 40 heavy (non-hydrogen) atoms. The van der Waals surface area contributed by atoms with Gasteiger partial charge in [-0.15, -0.1) is 0 Å². The lowest BCUT2D eigenvalue weighted by Crippen LogP contribution is -2.57. The van der Waals surface area contributed by atoms with Gasteiger partial charge in [0.2, 0.25) is 0 Å². The third-order valence-corrected chi connectivity index (χ3v) is 6.54. The van der Waals surface area contributed by atoms with Crippen LogP contribution < -0.4 is 15.4 Å². The van der Waals surface area contributed by atoms with Crippen LogP contribution >= 0.6 is 11.6 Å². The monoisotopic (exact) mass is 593 g/mol. The number of nitrogens with one attached hydrogen (secondary N) is 2. The molecular weight excluding hydrogens is 574 g/mol. The van der Waals surface area contributed by atoms with Crippen LogP contribution in [0.1, 0.15) is 29.7 Å². The van der Waals surface area contributed by atoms with E-state index in [4.69, 9.17) is 11.6 Å². The summed E-state index contributed by atoms with van der Waals surface area (Å²) < 4.78 is 113. The highest BCUT2D eigenvalue weighted by molar-refractivity contribution is 6.30. The summed E-state index contributed by atoms with van der Waals surface area (Å²) in [7, 11) is 0. The Morgan fingerprint density at radius 1 is 1.02 bits per heavy atom. The molecule has 5 nitrogen and oxygen atoms in total. The predicted molar refractivity (Wildman–Crippen MR) is 128 cm³/mol. The van der Waals surface area contributed by atoms with E-state index in [-0.39, 0.29) is 35.5 Å². The van der Waals surface area contributed by atoms with Gasteiger partial charge in [0.1, 0.15) is 22.6 Å². The lowest BCUT2D eigenvalue weighted by Gasteiger charge is -2.36. The predicted octanol–water partition coefficient (Wildman–Crippen LogP) is 6.99. The number of rotatable bonds is 9. The number of benzene rings is 2. The molecule has 1 aliphatic carbocycles.